The van der Waals surface area contributed by atoms with E-state index in [1.165, 1.54) is 11.4 Å². The predicted octanol–water partition coefficient (Wildman–Crippen LogP) is 1.40. The van der Waals surface area contributed by atoms with Crippen LogP contribution in [0.4, 0.5) is 11.4 Å². The molecule has 4 rings (SSSR count). The lowest BCUT2D eigenvalue weighted by Crippen LogP contribution is -2.46. The molecule has 1 fully saturated rings. The highest BCUT2D eigenvalue weighted by molar-refractivity contribution is 6.16. The Morgan fingerprint density at radius 1 is 1.00 bits per heavy atom. The van der Waals surface area contributed by atoms with E-state index in [0.29, 0.717) is 0 Å². The molecule has 0 atom stereocenters. The molecule has 21 heavy (non-hydrogen) atoms. The third kappa shape index (κ3) is 2.40. The van der Waals surface area contributed by atoms with Crippen molar-refractivity contribution in [3.63, 3.8) is 0 Å². The number of guanidine groups is 1. The first-order valence-electron chi connectivity index (χ1n) is 7.92. The number of rotatable bonds is 3. The maximum absolute atomic E-state index is 5.43. The van der Waals surface area contributed by atoms with Gasteiger partial charge < -0.3 is 14.5 Å². The predicted molar refractivity (Wildman–Crippen MR) is 85.3 cm³/mol. The van der Waals surface area contributed by atoms with Gasteiger partial charge in [0.2, 0.25) is 5.96 Å². The molecule has 3 aliphatic rings. The molecule has 0 N–H and O–H groups in total. The van der Waals surface area contributed by atoms with Gasteiger partial charge >= 0.3 is 0 Å². The van der Waals surface area contributed by atoms with Crippen molar-refractivity contribution in [2.24, 2.45) is 4.99 Å². The number of para-hydroxylation sites is 2. The third-order valence-corrected chi connectivity index (χ3v) is 4.48. The van der Waals surface area contributed by atoms with Crippen LogP contribution in [0.5, 0.6) is 0 Å². The number of benzene rings is 1. The zero-order chi connectivity index (χ0) is 14.1. The molecule has 3 aliphatic heterocycles. The number of aliphatic imine (C=N–C) groups is 1. The molecule has 0 saturated carbocycles. The highest BCUT2D eigenvalue weighted by Gasteiger charge is 2.33. The quantitative estimate of drug-likeness (QED) is 0.840. The monoisotopic (exact) mass is 286 g/mol. The number of ether oxygens (including phenoxy) is 1. The largest absolute Gasteiger partial charge is 0.379 e. The summed E-state index contributed by atoms with van der Waals surface area (Å²) >= 11 is 0. The van der Waals surface area contributed by atoms with Crippen LogP contribution >= 0.6 is 0 Å². The van der Waals surface area contributed by atoms with Gasteiger partial charge in [-0.2, -0.15) is 0 Å². The number of morpholine rings is 1. The van der Waals surface area contributed by atoms with Gasteiger partial charge in [-0.1, -0.05) is 12.1 Å². The second-order valence-corrected chi connectivity index (χ2v) is 5.78. The van der Waals surface area contributed by atoms with Gasteiger partial charge in [0.25, 0.3) is 0 Å². The number of anilines is 2. The minimum atomic E-state index is 0.865. The Kier molecular flexibility index (Phi) is 3.53. The van der Waals surface area contributed by atoms with E-state index in [0.717, 1.165) is 64.9 Å². The van der Waals surface area contributed by atoms with E-state index in [1.54, 1.807) is 0 Å². The van der Waals surface area contributed by atoms with E-state index >= 15 is 0 Å². The van der Waals surface area contributed by atoms with Crippen LogP contribution in [0.25, 0.3) is 0 Å². The van der Waals surface area contributed by atoms with Crippen LogP contribution in [0.2, 0.25) is 0 Å². The first-order chi connectivity index (χ1) is 10.4. The molecule has 0 radical (unpaired) electrons. The molecule has 112 valence electrons. The average molecular weight is 286 g/mol. The summed E-state index contributed by atoms with van der Waals surface area (Å²) in [6, 6.07) is 8.68. The molecule has 1 aromatic carbocycles. The van der Waals surface area contributed by atoms with Crippen molar-refractivity contribution in [1.82, 2.24) is 4.90 Å². The van der Waals surface area contributed by atoms with Crippen molar-refractivity contribution in [3.8, 4) is 0 Å². The summed E-state index contributed by atoms with van der Waals surface area (Å²) in [5.41, 5.74) is 2.63. The first kappa shape index (κ1) is 13.1. The SMILES string of the molecule is c1ccc2c(c1)N1CCCN=C1N2CCN1CCOCC1. The van der Waals surface area contributed by atoms with Crippen LogP contribution in [-0.4, -0.2) is 63.3 Å². The fourth-order valence-corrected chi connectivity index (χ4v) is 3.37. The molecule has 1 saturated heterocycles. The van der Waals surface area contributed by atoms with E-state index in [-0.39, 0.29) is 0 Å². The standard InChI is InChI=1S/C16H22N4O/c1-2-5-15-14(4-1)19-7-3-6-17-16(19)20(15)9-8-18-10-12-21-13-11-18/h1-2,4-5H,3,6-13H2. The van der Waals surface area contributed by atoms with E-state index in [9.17, 15) is 0 Å². The van der Waals surface area contributed by atoms with Crippen LogP contribution < -0.4 is 9.80 Å². The lowest BCUT2D eigenvalue weighted by molar-refractivity contribution is 0.0394. The number of hydrogen-bond donors (Lipinski definition) is 0. The van der Waals surface area contributed by atoms with Crippen molar-refractivity contribution in [3.05, 3.63) is 24.3 Å². The summed E-state index contributed by atoms with van der Waals surface area (Å²) in [6.07, 6.45) is 1.15. The average Bonchev–Trinajstić information content (AvgIpc) is 2.88. The summed E-state index contributed by atoms with van der Waals surface area (Å²) in [5.74, 6) is 1.15. The Morgan fingerprint density at radius 3 is 2.67 bits per heavy atom. The Morgan fingerprint density at radius 2 is 1.81 bits per heavy atom. The van der Waals surface area contributed by atoms with Crippen molar-refractivity contribution in [2.45, 2.75) is 6.42 Å². The molecule has 5 nitrogen and oxygen atoms in total. The van der Waals surface area contributed by atoms with E-state index in [2.05, 4.69) is 39.0 Å². The summed E-state index contributed by atoms with van der Waals surface area (Å²) < 4.78 is 5.43. The number of hydrogen-bond acceptors (Lipinski definition) is 5. The minimum Gasteiger partial charge on any atom is -0.379 e. The molecule has 1 aromatic rings. The van der Waals surface area contributed by atoms with Gasteiger partial charge in [0.1, 0.15) is 0 Å². The van der Waals surface area contributed by atoms with Crippen LogP contribution in [0.3, 0.4) is 0 Å². The summed E-state index contributed by atoms with van der Waals surface area (Å²) in [6.45, 7) is 7.94. The Hall–Kier alpha value is -1.59. The van der Waals surface area contributed by atoms with Crippen LogP contribution in [0, 0.1) is 0 Å². The molecular weight excluding hydrogens is 264 g/mol. The van der Waals surface area contributed by atoms with Crippen molar-refractivity contribution < 1.29 is 4.74 Å². The second kappa shape index (κ2) is 5.66. The topological polar surface area (TPSA) is 31.3 Å². The van der Waals surface area contributed by atoms with Crippen LogP contribution in [-0.2, 0) is 4.74 Å². The van der Waals surface area contributed by atoms with E-state index in [1.807, 2.05) is 0 Å². The summed E-state index contributed by atoms with van der Waals surface area (Å²) in [5, 5.41) is 0. The molecule has 3 heterocycles. The zero-order valence-electron chi connectivity index (χ0n) is 12.4. The Labute approximate surface area is 125 Å². The smallest absolute Gasteiger partial charge is 0.205 e. The van der Waals surface area contributed by atoms with Crippen molar-refractivity contribution in [2.75, 3.05) is 62.3 Å². The Bertz CT molecular complexity index is 539. The molecule has 0 spiro atoms. The number of fused-ring (bicyclic) bond motifs is 3. The van der Waals surface area contributed by atoms with Crippen molar-refractivity contribution in [1.29, 1.82) is 0 Å². The highest BCUT2D eigenvalue weighted by atomic mass is 16.5. The lowest BCUT2D eigenvalue weighted by atomic mass is 10.2. The van der Waals surface area contributed by atoms with Crippen LogP contribution in [0.1, 0.15) is 6.42 Å². The van der Waals surface area contributed by atoms with Gasteiger partial charge in [-0.3, -0.25) is 9.89 Å². The van der Waals surface area contributed by atoms with Gasteiger partial charge in [-0.25, -0.2) is 0 Å². The zero-order valence-corrected chi connectivity index (χ0v) is 12.4. The van der Waals surface area contributed by atoms with E-state index in [4.69, 9.17) is 9.73 Å². The van der Waals surface area contributed by atoms with E-state index < -0.39 is 0 Å². The maximum atomic E-state index is 5.43. The van der Waals surface area contributed by atoms with Gasteiger partial charge in [-0.05, 0) is 18.6 Å². The molecule has 0 aliphatic carbocycles. The van der Waals surface area contributed by atoms with Gasteiger partial charge in [-0.15, -0.1) is 0 Å². The molecule has 0 bridgehead atoms. The molecule has 0 unspecified atom stereocenters. The maximum Gasteiger partial charge on any atom is 0.205 e. The number of nitrogens with zero attached hydrogens (tertiary/aromatic N) is 4. The first-order valence-corrected chi connectivity index (χ1v) is 7.92. The van der Waals surface area contributed by atoms with Crippen LogP contribution in [0.15, 0.2) is 29.3 Å². The Balaban J connectivity index is 1.54. The molecule has 0 amide bonds. The van der Waals surface area contributed by atoms with Gasteiger partial charge in [0, 0.05) is 39.3 Å². The summed E-state index contributed by atoms with van der Waals surface area (Å²) in [7, 11) is 0. The van der Waals surface area contributed by atoms with Gasteiger partial charge in [0.05, 0.1) is 24.6 Å². The molecule has 0 aromatic heterocycles. The van der Waals surface area contributed by atoms with Gasteiger partial charge in [0.15, 0.2) is 0 Å². The summed E-state index contributed by atoms with van der Waals surface area (Å²) in [4.78, 5) is 12.0. The lowest BCUT2D eigenvalue weighted by Gasteiger charge is -2.30. The molecule has 5 heteroatoms. The van der Waals surface area contributed by atoms with Crippen molar-refractivity contribution >= 4 is 17.3 Å². The third-order valence-electron chi connectivity index (χ3n) is 4.48. The second-order valence-electron chi connectivity index (χ2n) is 5.78. The molecular formula is C16H22N4O. The highest BCUT2D eigenvalue weighted by Crippen LogP contribution is 2.37. The fourth-order valence-electron chi connectivity index (χ4n) is 3.37. The normalized spacial score (nSPS) is 22.0. The minimum absolute atomic E-state index is 0.865. The fraction of sp³-hybridized carbons (Fsp3) is 0.562.